The number of hydrogen-bond donors (Lipinski definition) is 3. The maximum atomic E-state index is 6.77. The Labute approximate surface area is 171 Å². The van der Waals surface area contributed by atoms with E-state index in [0.29, 0.717) is 18.0 Å². The minimum Gasteiger partial charge on any atom is -0.280 e. The first-order valence-electron chi connectivity index (χ1n) is 10.1. The molecule has 0 saturated heterocycles. The molecule has 0 bridgehead atoms. The smallest absolute Gasteiger partial charge is 0.111 e. The number of nitrogens with one attached hydrogen (secondary N) is 3. The summed E-state index contributed by atoms with van der Waals surface area (Å²) in [5, 5.41) is 8.67. The normalized spacial score (nSPS) is 22.4. The summed E-state index contributed by atoms with van der Waals surface area (Å²) in [6.45, 7) is 4.31. The highest BCUT2D eigenvalue weighted by Crippen LogP contribution is 2.40. The summed E-state index contributed by atoms with van der Waals surface area (Å²) in [5.41, 5.74) is 6.14. The molecule has 0 spiro atoms. The van der Waals surface area contributed by atoms with Gasteiger partial charge in [0.25, 0.3) is 0 Å². The summed E-state index contributed by atoms with van der Waals surface area (Å²) in [7, 11) is 0. The molecule has 1 saturated carbocycles. The van der Waals surface area contributed by atoms with Crippen LogP contribution >= 0.6 is 23.7 Å². The number of rotatable bonds is 6. The standard InChI is InChI=1S/C21H29ClN4S/c1-13(2)25-27-26-18-10-8-15(9-11-18)20-19(22)21(24-23-20)17-7-6-14-4-3-5-16(14)12-17/h6-7,12-13,15,18,25-26H,3-5,8-11H2,1-2H3,(H,23,24). The van der Waals surface area contributed by atoms with Crippen LogP contribution in [-0.4, -0.2) is 22.3 Å². The van der Waals surface area contributed by atoms with Crippen molar-refractivity contribution in [3.63, 3.8) is 0 Å². The molecule has 1 fully saturated rings. The van der Waals surface area contributed by atoms with Crippen molar-refractivity contribution in [2.75, 3.05) is 0 Å². The Morgan fingerprint density at radius 2 is 1.93 bits per heavy atom. The van der Waals surface area contributed by atoms with E-state index >= 15 is 0 Å². The Bertz CT molecular complexity index is 780. The highest BCUT2D eigenvalue weighted by molar-refractivity contribution is 7.95. The third kappa shape index (κ3) is 4.37. The van der Waals surface area contributed by atoms with Crippen molar-refractivity contribution >= 4 is 23.7 Å². The minimum absolute atomic E-state index is 0.481. The Morgan fingerprint density at radius 1 is 1.15 bits per heavy atom. The molecule has 2 aliphatic rings. The van der Waals surface area contributed by atoms with Crippen LogP contribution in [0, 0.1) is 0 Å². The maximum absolute atomic E-state index is 6.77. The van der Waals surface area contributed by atoms with Crippen LogP contribution in [0.5, 0.6) is 0 Å². The predicted molar refractivity (Wildman–Crippen MR) is 115 cm³/mol. The zero-order valence-electron chi connectivity index (χ0n) is 16.1. The minimum atomic E-state index is 0.481. The lowest BCUT2D eigenvalue weighted by atomic mass is 9.84. The van der Waals surface area contributed by atoms with E-state index in [1.165, 1.54) is 43.2 Å². The largest absolute Gasteiger partial charge is 0.280 e. The molecule has 4 rings (SSSR count). The average molecular weight is 405 g/mol. The first kappa shape index (κ1) is 19.3. The topological polar surface area (TPSA) is 52.7 Å². The van der Waals surface area contributed by atoms with Crippen molar-refractivity contribution in [1.82, 2.24) is 19.6 Å². The van der Waals surface area contributed by atoms with E-state index in [1.54, 1.807) is 12.1 Å². The van der Waals surface area contributed by atoms with E-state index < -0.39 is 0 Å². The van der Waals surface area contributed by atoms with E-state index in [4.69, 9.17) is 11.6 Å². The molecule has 0 radical (unpaired) electrons. The number of fused-ring (bicyclic) bond motifs is 1. The average Bonchev–Trinajstić information content (AvgIpc) is 3.28. The van der Waals surface area contributed by atoms with Gasteiger partial charge in [-0.3, -0.25) is 5.10 Å². The number of aromatic amines is 1. The van der Waals surface area contributed by atoms with Crippen LogP contribution in [0.3, 0.4) is 0 Å². The second kappa shape index (κ2) is 8.56. The molecule has 2 aliphatic carbocycles. The van der Waals surface area contributed by atoms with Crippen molar-refractivity contribution in [3.05, 3.63) is 40.0 Å². The van der Waals surface area contributed by atoms with Crippen molar-refractivity contribution in [2.24, 2.45) is 0 Å². The first-order valence-corrected chi connectivity index (χ1v) is 11.3. The van der Waals surface area contributed by atoms with Crippen LogP contribution in [0.2, 0.25) is 5.02 Å². The summed E-state index contributed by atoms with van der Waals surface area (Å²) < 4.78 is 6.89. The van der Waals surface area contributed by atoms with Crippen LogP contribution in [0.1, 0.15) is 68.7 Å². The summed E-state index contributed by atoms with van der Waals surface area (Å²) >= 11 is 8.41. The van der Waals surface area contributed by atoms with Gasteiger partial charge in [-0.1, -0.05) is 23.7 Å². The molecule has 0 amide bonds. The molecule has 2 aromatic rings. The maximum Gasteiger partial charge on any atom is 0.111 e. The van der Waals surface area contributed by atoms with Crippen LogP contribution < -0.4 is 9.44 Å². The van der Waals surface area contributed by atoms with Crippen LogP contribution in [-0.2, 0) is 12.8 Å². The molecule has 0 unspecified atom stereocenters. The number of benzene rings is 1. The highest BCUT2D eigenvalue weighted by Gasteiger charge is 2.27. The zero-order chi connectivity index (χ0) is 18.8. The molecule has 6 heteroatoms. The van der Waals surface area contributed by atoms with E-state index in [1.807, 2.05) is 0 Å². The second-order valence-electron chi connectivity index (χ2n) is 8.18. The molecule has 1 aromatic carbocycles. The van der Waals surface area contributed by atoms with Crippen LogP contribution in [0.4, 0.5) is 0 Å². The van der Waals surface area contributed by atoms with Crippen LogP contribution in [0.15, 0.2) is 18.2 Å². The molecular formula is C21H29ClN4S. The lowest BCUT2D eigenvalue weighted by Gasteiger charge is -2.28. The monoisotopic (exact) mass is 404 g/mol. The molecule has 4 nitrogen and oxygen atoms in total. The molecular weight excluding hydrogens is 376 g/mol. The molecule has 27 heavy (non-hydrogen) atoms. The van der Waals surface area contributed by atoms with Crippen LogP contribution in [0.25, 0.3) is 11.3 Å². The molecule has 1 aromatic heterocycles. The Kier molecular flexibility index (Phi) is 6.12. The summed E-state index contributed by atoms with van der Waals surface area (Å²) in [4.78, 5) is 0. The quantitative estimate of drug-likeness (QED) is 0.564. The third-order valence-electron chi connectivity index (χ3n) is 5.76. The molecule has 0 aliphatic heterocycles. The SMILES string of the molecule is CC(C)NSNC1CCC(c2[nH]nc(-c3ccc4c(c3)CCC4)c2Cl)CC1. The molecule has 0 atom stereocenters. The molecule has 3 N–H and O–H groups in total. The number of aryl methyl sites for hydroxylation is 2. The van der Waals surface area contributed by atoms with Gasteiger partial charge >= 0.3 is 0 Å². The summed E-state index contributed by atoms with van der Waals surface area (Å²) in [6.07, 6.45) is 8.27. The van der Waals surface area contributed by atoms with E-state index in [0.717, 1.165) is 34.8 Å². The van der Waals surface area contributed by atoms with Gasteiger partial charge in [0.1, 0.15) is 5.69 Å². The number of nitrogens with zero attached hydrogens (tertiary/aromatic N) is 1. The number of hydrogen-bond acceptors (Lipinski definition) is 4. The van der Waals surface area contributed by atoms with E-state index in [-0.39, 0.29) is 0 Å². The second-order valence-corrected chi connectivity index (χ2v) is 9.23. The van der Waals surface area contributed by atoms with Gasteiger partial charge in [0, 0.05) is 35.7 Å². The first-order chi connectivity index (χ1) is 13.1. The summed E-state index contributed by atoms with van der Waals surface area (Å²) in [5.74, 6) is 0.481. The number of aromatic nitrogens is 2. The fourth-order valence-corrected chi connectivity index (χ4v) is 5.31. The molecule has 146 valence electrons. The van der Waals surface area contributed by atoms with Gasteiger partial charge in [0.05, 0.1) is 10.7 Å². The van der Waals surface area contributed by atoms with Gasteiger partial charge in [0.2, 0.25) is 0 Å². The van der Waals surface area contributed by atoms with Crippen molar-refractivity contribution < 1.29 is 0 Å². The van der Waals surface area contributed by atoms with Gasteiger partial charge in [-0.2, -0.15) is 5.10 Å². The van der Waals surface area contributed by atoms with Gasteiger partial charge in [-0.15, -0.1) is 0 Å². The molecule has 1 heterocycles. The zero-order valence-corrected chi connectivity index (χ0v) is 17.7. The number of halogens is 1. The van der Waals surface area contributed by atoms with Crippen molar-refractivity contribution in [3.8, 4) is 11.3 Å². The fourth-order valence-electron chi connectivity index (χ4n) is 4.26. The van der Waals surface area contributed by atoms with E-state index in [2.05, 4.69) is 51.7 Å². The number of H-pyrrole nitrogens is 1. The van der Waals surface area contributed by atoms with Gasteiger partial charge in [-0.25, -0.2) is 9.44 Å². The van der Waals surface area contributed by atoms with E-state index in [9.17, 15) is 0 Å². The predicted octanol–water partition coefficient (Wildman–Crippen LogP) is 5.40. The fraction of sp³-hybridized carbons (Fsp3) is 0.571. The Hall–Kier alpha value is -1.01. The third-order valence-corrected chi connectivity index (χ3v) is 7.18. The highest BCUT2D eigenvalue weighted by atomic mass is 35.5. The summed E-state index contributed by atoms with van der Waals surface area (Å²) in [6, 6.07) is 7.77. The van der Waals surface area contributed by atoms with Gasteiger partial charge in [-0.05, 0) is 76.0 Å². The lowest BCUT2D eigenvalue weighted by molar-refractivity contribution is 0.376. The van der Waals surface area contributed by atoms with Gasteiger partial charge in [0.15, 0.2) is 0 Å². The van der Waals surface area contributed by atoms with Gasteiger partial charge < -0.3 is 0 Å². The van der Waals surface area contributed by atoms with Crippen molar-refractivity contribution in [2.45, 2.75) is 76.8 Å². The lowest BCUT2D eigenvalue weighted by Crippen LogP contribution is -2.31. The Balaban J connectivity index is 1.40. The van der Waals surface area contributed by atoms with Crippen molar-refractivity contribution in [1.29, 1.82) is 0 Å². The Morgan fingerprint density at radius 3 is 2.70 bits per heavy atom.